The van der Waals surface area contributed by atoms with Crippen molar-refractivity contribution in [3.63, 3.8) is 0 Å². The number of benzene rings is 2. The second kappa shape index (κ2) is 9.69. The van der Waals surface area contributed by atoms with Gasteiger partial charge in [0.2, 0.25) is 0 Å². The van der Waals surface area contributed by atoms with Crippen LogP contribution in [0.4, 0.5) is 11.5 Å². The van der Waals surface area contributed by atoms with Crippen molar-refractivity contribution in [3.05, 3.63) is 71.4 Å². The number of rotatable bonds is 7. The number of nitrogens with zero attached hydrogens (tertiary/aromatic N) is 4. The largest absolute Gasteiger partial charge is 0.339 e. The minimum atomic E-state index is -0.204. The Hall–Kier alpha value is -2.28. The molecule has 1 atom stereocenters. The lowest BCUT2D eigenvalue weighted by atomic mass is 10.1. The van der Waals surface area contributed by atoms with E-state index in [2.05, 4.69) is 10.4 Å². The van der Waals surface area contributed by atoms with Crippen LogP contribution in [0, 0.1) is 0 Å². The van der Waals surface area contributed by atoms with E-state index < -0.39 is 0 Å². The molecule has 2 heterocycles. The average molecular weight is 484 g/mol. The van der Waals surface area contributed by atoms with Crippen LogP contribution in [0.2, 0.25) is 5.02 Å². The van der Waals surface area contributed by atoms with Crippen molar-refractivity contribution in [1.82, 2.24) is 19.7 Å². The molecule has 0 saturated heterocycles. The summed E-state index contributed by atoms with van der Waals surface area (Å²) in [5.74, 6) is 0.731. The Bertz CT molecular complexity index is 1210. The van der Waals surface area contributed by atoms with E-state index in [1.54, 1.807) is 18.0 Å². The van der Waals surface area contributed by atoms with Crippen molar-refractivity contribution in [1.29, 1.82) is 0 Å². The fourth-order valence-corrected chi connectivity index (χ4v) is 5.61. The monoisotopic (exact) mass is 483 g/mol. The zero-order valence-corrected chi connectivity index (χ0v) is 19.7. The highest BCUT2D eigenvalue weighted by atomic mass is 35.5. The van der Waals surface area contributed by atoms with E-state index >= 15 is 0 Å². The maximum Gasteiger partial charge on any atom is 0.191 e. The number of thioether (sulfide) groups is 1. The van der Waals surface area contributed by atoms with E-state index in [4.69, 9.17) is 33.2 Å². The third-order valence-electron chi connectivity index (χ3n) is 5.63. The van der Waals surface area contributed by atoms with Crippen LogP contribution in [0.1, 0.15) is 36.6 Å². The summed E-state index contributed by atoms with van der Waals surface area (Å²) >= 11 is 14.7. The molecule has 0 radical (unpaired) electrons. The second-order valence-electron chi connectivity index (χ2n) is 7.96. The molecule has 5 nitrogen and oxygen atoms in total. The molecule has 1 unspecified atom stereocenters. The van der Waals surface area contributed by atoms with Crippen LogP contribution in [-0.2, 0) is 6.54 Å². The molecule has 5 rings (SSSR count). The predicted molar refractivity (Wildman–Crippen MR) is 133 cm³/mol. The fraction of sp³-hybridized carbons (Fsp3) is 0.292. The minimum absolute atomic E-state index is 0.204. The molecule has 164 valence electrons. The molecule has 0 amide bonds. The Kier molecular flexibility index (Phi) is 6.53. The van der Waals surface area contributed by atoms with Gasteiger partial charge in [-0.15, -0.1) is 11.6 Å². The van der Waals surface area contributed by atoms with Gasteiger partial charge in [-0.3, -0.25) is 0 Å². The molecule has 1 fully saturated rings. The molecule has 0 bridgehead atoms. The number of hydrogen-bond donors (Lipinski definition) is 1. The van der Waals surface area contributed by atoms with Gasteiger partial charge in [-0.1, -0.05) is 72.6 Å². The van der Waals surface area contributed by atoms with Crippen LogP contribution in [-0.4, -0.2) is 25.0 Å². The van der Waals surface area contributed by atoms with Gasteiger partial charge < -0.3 is 5.32 Å². The number of aromatic nitrogens is 4. The first-order valence-electron chi connectivity index (χ1n) is 10.8. The Morgan fingerprint density at radius 2 is 1.88 bits per heavy atom. The number of fused-ring (bicyclic) bond motifs is 1. The quantitative estimate of drug-likeness (QED) is 0.221. The van der Waals surface area contributed by atoms with Crippen molar-refractivity contribution in [2.45, 2.75) is 48.0 Å². The van der Waals surface area contributed by atoms with E-state index in [0.29, 0.717) is 16.8 Å². The maximum absolute atomic E-state index is 6.72. The molecule has 1 aliphatic rings. The number of anilines is 2. The van der Waals surface area contributed by atoms with Crippen LogP contribution in [0.25, 0.3) is 11.0 Å². The van der Waals surface area contributed by atoms with Crippen molar-refractivity contribution in [3.8, 4) is 0 Å². The highest BCUT2D eigenvalue weighted by molar-refractivity contribution is 7.99. The topological polar surface area (TPSA) is 55.6 Å². The van der Waals surface area contributed by atoms with Gasteiger partial charge in [0.05, 0.1) is 23.5 Å². The molecule has 1 aliphatic carbocycles. The van der Waals surface area contributed by atoms with Crippen LogP contribution in [0.15, 0.2) is 66.0 Å². The molecular formula is C24H23Cl2N5S. The Morgan fingerprint density at radius 3 is 2.66 bits per heavy atom. The zero-order chi connectivity index (χ0) is 21.9. The number of halogens is 2. The van der Waals surface area contributed by atoms with Gasteiger partial charge in [0, 0.05) is 16.0 Å². The van der Waals surface area contributed by atoms with Gasteiger partial charge in [-0.25, -0.2) is 14.6 Å². The molecule has 4 aromatic rings. The average Bonchev–Trinajstić information content (AvgIpc) is 3.45. The molecule has 32 heavy (non-hydrogen) atoms. The summed E-state index contributed by atoms with van der Waals surface area (Å²) < 4.78 is 1.88. The summed E-state index contributed by atoms with van der Waals surface area (Å²) in [5, 5.41) is 10.7. The summed E-state index contributed by atoms with van der Waals surface area (Å²) in [4.78, 5) is 9.74. The number of alkyl halides is 1. The summed E-state index contributed by atoms with van der Waals surface area (Å²) in [7, 11) is 0. The third-order valence-corrected chi connectivity index (χ3v) is 7.46. The predicted octanol–water partition coefficient (Wildman–Crippen LogP) is 7.24. The third kappa shape index (κ3) is 4.87. The van der Waals surface area contributed by atoms with E-state index in [9.17, 15) is 0 Å². The molecular weight excluding hydrogens is 461 g/mol. The van der Waals surface area contributed by atoms with Crippen LogP contribution in [0.3, 0.4) is 0 Å². The van der Waals surface area contributed by atoms with E-state index in [0.717, 1.165) is 33.3 Å². The molecule has 2 aromatic carbocycles. The van der Waals surface area contributed by atoms with Crippen molar-refractivity contribution >= 4 is 57.5 Å². The van der Waals surface area contributed by atoms with Gasteiger partial charge in [0.15, 0.2) is 10.8 Å². The Balaban J connectivity index is 1.51. The summed E-state index contributed by atoms with van der Waals surface area (Å²) in [5.41, 5.74) is 2.72. The normalized spacial score (nSPS) is 15.3. The Morgan fingerprint density at radius 1 is 1.06 bits per heavy atom. The second-order valence-corrected chi connectivity index (χ2v) is 10.2. The first-order chi connectivity index (χ1) is 15.7. The first-order valence-corrected chi connectivity index (χ1v) is 12.5. The molecule has 2 aromatic heterocycles. The lowest BCUT2D eigenvalue weighted by Crippen LogP contribution is -2.08. The standard InChI is InChI=1S/C24H23Cl2N5S/c25-17-9-6-10-18(13-17)28-22-20-14-27-31(15-21(26)16-7-2-1-3-8-16)23(20)30-24(29-22)32-19-11-4-5-12-19/h1-3,6-10,13-14,19,21H,4-5,11-12,15H2,(H,28,29,30). The molecule has 8 heteroatoms. The van der Waals surface area contributed by atoms with Crippen molar-refractivity contribution < 1.29 is 0 Å². The highest BCUT2D eigenvalue weighted by Gasteiger charge is 2.21. The molecule has 0 aliphatic heterocycles. The van der Waals surface area contributed by atoms with E-state index in [1.807, 2.05) is 59.3 Å². The summed E-state index contributed by atoms with van der Waals surface area (Å²) in [6.45, 7) is 0.524. The fourth-order valence-electron chi connectivity index (χ4n) is 3.99. The smallest absolute Gasteiger partial charge is 0.191 e. The van der Waals surface area contributed by atoms with Gasteiger partial charge in [0.1, 0.15) is 5.82 Å². The van der Waals surface area contributed by atoms with Gasteiger partial charge in [-0.05, 0) is 36.6 Å². The number of hydrogen-bond acceptors (Lipinski definition) is 5. The van der Waals surface area contributed by atoms with Gasteiger partial charge in [0.25, 0.3) is 0 Å². The first kappa shape index (κ1) is 21.6. The van der Waals surface area contributed by atoms with Gasteiger partial charge in [-0.2, -0.15) is 5.10 Å². The molecule has 0 spiro atoms. The van der Waals surface area contributed by atoms with Crippen LogP contribution >= 0.6 is 35.0 Å². The van der Waals surface area contributed by atoms with Gasteiger partial charge >= 0.3 is 0 Å². The summed E-state index contributed by atoms with van der Waals surface area (Å²) in [6, 6.07) is 17.7. The summed E-state index contributed by atoms with van der Waals surface area (Å²) in [6.07, 6.45) is 6.77. The van der Waals surface area contributed by atoms with E-state index in [1.165, 1.54) is 25.7 Å². The van der Waals surface area contributed by atoms with E-state index in [-0.39, 0.29) is 5.38 Å². The zero-order valence-electron chi connectivity index (χ0n) is 17.4. The molecule has 1 N–H and O–H groups in total. The molecule has 1 saturated carbocycles. The van der Waals surface area contributed by atoms with Crippen molar-refractivity contribution in [2.24, 2.45) is 0 Å². The lowest BCUT2D eigenvalue weighted by molar-refractivity contribution is 0.613. The van der Waals surface area contributed by atoms with Crippen LogP contribution < -0.4 is 5.32 Å². The lowest BCUT2D eigenvalue weighted by Gasteiger charge is -2.13. The highest BCUT2D eigenvalue weighted by Crippen LogP contribution is 2.36. The van der Waals surface area contributed by atoms with Crippen molar-refractivity contribution in [2.75, 3.05) is 5.32 Å². The number of nitrogens with one attached hydrogen (secondary N) is 1. The minimum Gasteiger partial charge on any atom is -0.339 e. The maximum atomic E-state index is 6.72. The van der Waals surface area contributed by atoms with Crippen LogP contribution in [0.5, 0.6) is 0 Å². The Labute approximate surface area is 201 Å². The SMILES string of the molecule is Clc1cccc(Nc2nc(SC3CCCC3)nc3c2cnn3CC(Cl)c2ccccc2)c1.